The van der Waals surface area contributed by atoms with E-state index in [0.717, 1.165) is 5.69 Å². The summed E-state index contributed by atoms with van der Waals surface area (Å²) in [6.07, 6.45) is 0.505. The number of likely N-dealkylation sites (N-methyl/N-ethyl adjacent to an activating group) is 1. The first kappa shape index (κ1) is 14.7. The van der Waals surface area contributed by atoms with Gasteiger partial charge in [-0.3, -0.25) is 18.9 Å². The molecule has 6 nitrogen and oxygen atoms in total. The fraction of sp³-hybridized carbons (Fsp3) is 0.462. The Labute approximate surface area is 120 Å². The molecule has 1 N–H and O–H groups in total. The molecule has 0 aromatic carbocycles. The number of rotatable bonds is 5. The normalized spacial score (nSPS) is 13.0. The van der Waals surface area contributed by atoms with E-state index >= 15 is 0 Å². The average Bonchev–Trinajstić information content (AvgIpc) is 2.71. The maximum Gasteiger partial charge on any atom is 0.320 e. The van der Waals surface area contributed by atoms with Crippen molar-refractivity contribution in [2.24, 2.45) is 0 Å². The number of aryl methyl sites for hydroxylation is 1. The highest BCUT2D eigenvalue weighted by Crippen LogP contribution is 2.13. The average molecular weight is 295 g/mol. The zero-order valence-corrected chi connectivity index (χ0v) is 12.5. The Morgan fingerprint density at radius 2 is 2.30 bits per heavy atom. The number of hydrogen-bond donors (Lipinski definition) is 1. The Morgan fingerprint density at radius 1 is 1.60 bits per heavy atom. The third-order valence-electron chi connectivity index (χ3n) is 3.24. The Morgan fingerprint density at radius 3 is 2.90 bits per heavy atom. The van der Waals surface area contributed by atoms with Crippen molar-refractivity contribution in [3.63, 3.8) is 0 Å². The molecule has 2 rings (SSSR count). The van der Waals surface area contributed by atoms with Crippen LogP contribution in [0.3, 0.4) is 0 Å². The summed E-state index contributed by atoms with van der Waals surface area (Å²) in [7, 11) is 1.73. The second-order valence-corrected chi connectivity index (χ2v) is 5.59. The fourth-order valence-corrected chi connectivity index (χ4v) is 3.11. The van der Waals surface area contributed by atoms with Gasteiger partial charge in [0.05, 0.1) is 5.69 Å². The number of hydrogen-bond acceptors (Lipinski definition) is 5. The van der Waals surface area contributed by atoms with Gasteiger partial charge < -0.3 is 5.11 Å². The second kappa shape index (κ2) is 5.72. The number of nitrogens with zero attached hydrogens (tertiary/aromatic N) is 3. The van der Waals surface area contributed by atoms with Gasteiger partial charge in [-0.15, -0.1) is 11.3 Å². The van der Waals surface area contributed by atoms with Gasteiger partial charge in [-0.2, -0.15) is 0 Å². The summed E-state index contributed by atoms with van der Waals surface area (Å²) >= 11 is 1.41. The zero-order valence-electron chi connectivity index (χ0n) is 11.7. The Balaban J connectivity index is 2.30. The van der Waals surface area contributed by atoms with Crippen molar-refractivity contribution in [2.45, 2.75) is 32.9 Å². The molecule has 0 amide bonds. The molecule has 2 aromatic rings. The first-order valence-electron chi connectivity index (χ1n) is 6.33. The van der Waals surface area contributed by atoms with Crippen LogP contribution in [0.15, 0.2) is 16.2 Å². The molecule has 2 heterocycles. The lowest BCUT2D eigenvalue weighted by molar-refractivity contribution is -0.143. The smallest absolute Gasteiger partial charge is 0.320 e. The third-order valence-corrected chi connectivity index (χ3v) is 4.19. The maximum absolute atomic E-state index is 12.0. The number of carbonyl (C=O) groups is 1. The van der Waals surface area contributed by atoms with E-state index in [1.807, 2.05) is 19.2 Å². The van der Waals surface area contributed by atoms with Gasteiger partial charge in [0.15, 0.2) is 4.96 Å². The van der Waals surface area contributed by atoms with E-state index in [9.17, 15) is 9.59 Å². The number of carboxylic acid groups (broad SMARTS) is 1. The highest BCUT2D eigenvalue weighted by atomic mass is 32.1. The number of aliphatic carboxylic acids is 1. The number of thiazole rings is 1. The molecule has 0 aliphatic rings. The van der Waals surface area contributed by atoms with Crippen LogP contribution in [0.4, 0.5) is 0 Å². The van der Waals surface area contributed by atoms with E-state index in [-0.39, 0.29) is 5.56 Å². The predicted molar refractivity (Wildman–Crippen MR) is 77.3 cm³/mol. The second-order valence-electron chi connectivity index (χ2n) is 4.76. The number of carboxylic acids is 1. The summed E-state index contributed by atoms with van der Waals surface area (Å²) in [5, 5.41) is 11.0. The van der Waals surface area contributed by atoms with E-state index in [1.54, 1.807) is 16.3 Å². The molecule has 0 aliphatic heterocycles. The summed E-state index contributed by atoms with van der Waals surface area (Å²) in [6, 6.07) is 0.901. The Hall–Kier alpha value is -1.73. The van der Waals surface area contributed by atoms with Crippen LogP contribution in [-0.4, -0.2) is 38.4 Å². The van der Waals surface area contributed by atoms with Crippen LogP contribution < -0.4 is 5.56 Å². The standard InChI is InChI=1S/C13H17N3O3S/c1-4-10(12(18)19)15(3)6-9-5-11(17)16-8(2)7-20-13(16)14-9/h5,7,10H,4,6H2,1-3H3,(H,18,19). The van der Waals surface area contributed by atoms with Crippen LogP contribution in [0, 0.1) is 6.92 Å². The van der Waals surface area contributed by atoms with Crippen molar-refractivity contribution in [1.29, 1.82) is 0 Å². The van der Waals surface area contributed by atoms with Crippen LogP contribution >= 0.6 is 11.3 Å². The topological polar surface area (TPSA) is 74.9 Å². The molecule has 0 aliphatic carbocycles. The van der Waals surface area contributed by atoms with Crippen molar-refractivity contribution in [3.8, 4) is 0 Å². The molecule has 0 spiro atoms. The van der Waals surface area contributed by atoms with Crippen LogP contribution in [0.25, 0.3) is 4.96 Å². The van der Waals surface area contributed by atoms with Crippen LogP contribution in [0.1, 0.15) is 24.7 Å². The highest BCUT2D eigenvalue weighted by molar-refractivity contribution is 7.15. The molecule has 0 bridgehead atoms. The monoisotopic (exact) mass is 295 g/mol. The fourth-order valence-electron chi connectivity index (χ4n) is 2.22. The lowest BCUT2D eigenvalue weighted by Gasteiger charge is -2.22. The van der Waals surface area contributed by atoms with Crippen molar-refractivity contribution in [1.82, 2.24) is 14.3 Å². The van der Waals surface area contributed by atoms with E-state index in [4.69, 9.17) is 5.11 Å². The van der Waals surface area contributed by atoms with Crippen LogP contribution in [-0.2, 0) is 11.3 Å². The quantitative estimate of drug-likeness (QED) is 0.901. The molecule has 7 heteroatoms. The van der Waals surface area contributed by atoms with Gasteiger partial charge in [-0.25, -0.2) is 4.98 Å². The molecule has 1 unspecified atom stereocenters. The first-order chi connectivity index (χ1) is 9.43. The first-order valence-corrected chi connectivity index (χ1v) is 7.21. The molecular formula is C13H17N3O3S. The SMILES string of the molecule is CCC(C(=O)O)N(C)Cc1cc(=O)n2c(C)csc2n1. The van der Waals surface area contributed by atoms with Gasteiger partial charge in [0.25, 0.3) is 5.56 Å². The largest absolute Gasteiger partial charge is 0.480 e. The molecule has 0 fully saturated rings. The van der Waals surface area contributed by atoms with Gasteiger partial charge in [0.1, 0.15) is 6.04 Å². The van der Waals surface area contributed by atoms with Gasteiger partial charge in [0, 0.05) is 23.7 Å². The molecule has 0 saturated heterocycles. The molecule has 0 saturated carbocycles. The van der Waals surface area contributed by atoms with Crippen molar-refractivity contribution >= 4 is 22.3 Å². The van der Waals surface area contributed by atoms with E-state index in [1.165, 1.54) is 17.4 Å². The van der Waals surface area contributed by atoms with E-state index in [2.05, 4.69) is 4.98 Å². The van der Waals surface area contributed by atoms with Gasteiger partial charge in [-0.1, -0.05) is 6.92 Å². The Kier molecular flexibility index (Phi) is 4.20. The summed E-state index contributed by atoms with van der Waals surface area (Å²) in [4.78, 5) is 29.9. The van der Waals surface area contributed by atoms with Crippen molar-refractivity contribution < 1.29 is 9.90 Å². The summed E-state index contributed by atoms with van der Waals surface area (Å²) in [5.41, 5.74) is 1.33. The highest BCUT2D eigenvalue weighted by Gasteiger charge is 2.21. The molecule has 20 heavy (non-hydrogen) atoms. The predicted octanol–water partition coefficient (Wildman–Crippen LogP) is 1.36. The lowest BCUT2D eigenvalue weighted by Crippen LogP contribution is -2.37. The minimum atomic E-state index is -0.861. The van der Waals surface area contributed by atoms with Crippen LogP contribution in [0.2, 0.25) is 0 Å². The lowest BCUT2D eigenvalue weighted by atomic mass is 10.2. The Bertz CT molecular complexity index is 692. The third kappa shape index (κ3) is 2.73. The van der Waals surface area contributed by atoms with E-state index < -0.39 is 12.0 Å². The minimum Gasteiger partial charge on any atom is -0.480 e. The van der Waals surface area contributed by atoms with Gasteiger partial charge >= 0.3 is 5.97 Å². The summed E-state index contributed by atoms with van der Waals surface area (Å²) in [6.45, 7) is 4.02. The molecular weight excluding hydrogens is 278 g/mol. The molecule has 0 radical (unpaired) electrons. The maximum atomic E-state index is 12.0. The van der Waals surface area contributed by atoms with Crippen molar-refractivity contribution in [2.75, 3.05) is 7.05 Å². The summed E-state index contributed by atoms with van der Waals surface area (Å²) < 4.78 is 1.56. The number of aromatic nitrogens is 2. The zero-order chi connectivity index (χ0) is 14.9. The van der Waals surface area contributed by atoms with Crippen LogP contribution in [0.5, 0.6) is 0 Å². The number of fused-ring (bicyclic) bond motifs is 1. The van der Waals surface area contributed by atoms with Gasteiger partial charge in [-0.05, 0) is 20.4 Å². The molecule has 2 aromatic heterocycles. The minimum absolute atomic E-state index is 0.125. The molecule has 1 atom stereocenters. The van der Waals surface area contributed by atoms with E-state index in [0.29, 0.717) is 23.6 Å². The van der Waals surface area contributed by atoms with Crippen molar-refractivity contribution in [3.05, 3.63) is 33.2 Å². The molecule has 108 valence electrons. The summed E-state index contributed by atoms with van der Waals surface area (Å²) in [5.74, 6) is -0.861. The van der Waals surface area contributed by atoms with Gasteiger partial charge in [0.2, 0.25) is 0 Å².